The number of para-hydroxylation sites is 1. The van der Waals surface area contributed by atoms with Gasteiger partial charge in [-0.15, -0.1) is 0 Å². The Labute approximate surface area is 116 Å². The minimum absolute atomic E-state index is 0.0542. The van der Waals surface area contributed by atoms with Gasteiger partial charge >= 0.3 is 5.97 Å². The van der Waals surface area contributed by atoms with Crippen molar-refractivity contribution < 1.29 is 9.53 Å². The maximum absolute atomic E-state index is 12.5. The van der Waals surface area contributed by atoms with Crippen LogP contribution < -0.4 is 4.74 Å². The summed E-state index contributed by atoms with van der Waals surface area (Å²) in [6, 6.07) is 9.40. The Morgan fingerprint density at radius 2 is 2.05 bits per heavy atom. The Hall–Kier alpha value is -1.31. The first kappa shape index (κ1) is 14.1. The SMILES string of the molecule is CCCC1CC(C)CC1(C)C(=O)Oc1ccccc1. The Morgan fingerprint density at radius 3 is 2.68 bits per heavy atom. The van der Waals surface area contributed by atoms with E-state index in [-0.39, 0.29) is 11.4 Å². The van der Waals surface area contributed by atoms with Crippen LogP contribution in [0.15, 0.2) is 30.3 Å². The first-order valence-corrected chi connectivity index (χ1v) is 7.33. The summed E-state index contributed by atoms with van der Waals surface area (Å²) in [5.74, 6) is 1.68. The molecule has 0 saturated heterocycles. The number of carbonyl (C=O) groups is 1. The van der Waals surface area contributed by atoms with Gasteiger partial charge in [-0.05, 0) is 50.2 Å². The van der Waals surface area contributed by atoms with Crippen molar-refractivity contribution in [1.82, 2.24) is 0 Å². The molecule has 0 N–H and O–H groups in total. The molecule has 0 aromatic heterocycles. The number of hydrogen-bond acceptors (Lipinski definition) is 2. The van der Waals surface area contributed by atoms with Gasteiger partial charge in [-0.2, -0.15) is 0 Å². The second kappa shape index (κ2) is 5.77. The molecule has 2 rings (SSSR count). The van der Waals surface area contributed by atoms with Gasteiger partial charge in [0, 0.05) is 0 Å². The zero-order valence-corrected chi connectivity index (χ0v) is 12.2. The third kappa shape index (κ3) is 2.99. The van der Waals surface area contributed by atoms with Crippen LogP contribution >= 0.6 is 0 Å². The zero-order valence-electron chi connectivity index (χ0n) is 12.2. The van der Waals surface area contributed by atoms with Crippen LogP contribution in [0.3, 0.4) is 0 Å². The highest BCUT2D eigenvalue weighted by atomic mass is 16.5. The Bertz CT molecular complexity index is 426. The van der Waals surface area contributed by atoms with E-state index < -0.39 is 0 Å². The number of carbonyl (C=O) groups excluding carboxylic acids is 1. The van der Waals surface area contributed by atoms with Gasteiger partial charge in [0.25, 0.3) is 0 Å². The van der Waals surface area contributed by atoms with Crippen LogP contribution in [0.1, 0.15) is 46.5 Å². The second-order valence-corrected chi connectivity index (χ2v) is 6.15. The molecule has 1 aliphatic rings. The fraction of sp³-hybridized carbons (Fsp3) is 0.588. The molecule has 0 amide bonds. The van der Waals surface area contributed by atoms with Crippen molar-refractivity contribution in [2.24, 2.45) is 17.3 Å². The lowest BCUT2D eigenvalue weighted by Crippen LogP contribution is -2.35. The molecule has 0 heterocycles. The molecular formula is C17H24O2. The Morgan fingerprint density at radius 1 is 1.37 bits per heavy atom. The van der Waals surface area contributed by atoms with E-state index in [0.717, 1.165) is 25.7 Å². The van der Waals surface area contributed by atoms with Crippen molar-refractivity contribution >= 4 is 5.97 Å². The number of rotatable bonds is 4. The maximum atomic E-state index is 12.5. The van der Waals surface area contributed by atoms with Crippen molar-refractivity contribution in [2.45, 2.75) is 46.5 Å². The standard InChI is InChI=1S/C17H24O2/c1-4-8-14-11-13(2)12-17(14,3)16(18)19-15-9-6-5-7-10-15/h5-7,9-10,13-14H,4,8,11-12H2,1-3H3. The Balaban J connectivity index is 2.11. The molecule has 104 valence electrons. The predicted octanol–water partition coefficient (Wildman–Crippen LogP) is 4.44. The molecule has 1 aromatic carbocycles. The van der Waals surface area contributed by atoms with Crippen molar-refractivity contribution in [2.75, 3.05) is 0 Å². The molecule has 1 saturated carbocycles. The van der Waals surface area contributed by atoms with Gasteiger partial charge in [-0.3, -0.25) is 4.79 Å². The average molecular weight is 260 g/mol. The molecule has 19 heavy (non-hydrogen) atoms. The summed E-state index contributed by atoms with van der Waals surface area (Å²) in [5.41, 5.74) is -0.314. The third-order valence-electron chi connectivity index (χ3n) is 4.42. The van der Waals surface area contributed by atoms with Gasteiger partial charge in [0.1, 0.15) is 5.75 Å². The molecule has 0 aliphatic heterocycles. The summed E-state index contributed by atoms with van der Waals surface area (Å²) in [5, 5.41) is 0. The first-order valence-electron chi connectivity index (χ1n) is 7.33. The third-order valence-corrected chi connectivity index (χ3v) is 4.42. The van der Waals surface area contributed by atoms with Crippen LogP contribution in [0.5, 0.6) is 5.75 Å². The highest BCUT2D eigenvalue weighted by Gasteiger charge is 2.48. The summed E-state index contributed by atoms with van der Waals surface area (Å²) in [7, 11) is 0. The topological polar surface area (TPSA) is 26.3 Å². The van der Waals surface area contributed by atoms with Gasteiger partial charge in [-0.25, -0.2) is 0 Å². The molecule has 2 nitrogen and oxygen atoms in total. The van der Waals surface area contributed by atoms with E-state index in [2.05, 4.69) is 20.8 Å². The number of ether oxygens (including phenoxy) is 1. The average Bonchev–Trinajstić information content (AvgIpc) is 2.67. The molecule has 1 aromatic rings. The number of benzene rings is 1. The number of hydrogen-bond donors (Lipinski definition) is 0. The highest BCUT2D eigenvalue weighted by Crippen LogP contribution is 2.49. The predicted molar refractivity (Wildman–Crippen MR) is 77.0 cm³/mol. The van der Waals surface area contributed by atoms with E-state index in [0.29, 0.717) is 17.6 Å². The molecule has 3 unspecified atom stereocenters. The van der Waals surface area contributed by atoms with E-state index in [1.807, 2.05) is 30.3 Å². The summed E-state index contributed by atoms with van der Waals surface area (Å²) in [6.07, 6.45) is 4.34. The van der Waals surface area contributed by atoms with Crippen molar-refractivity contribution in [3.8, 4) is 5.75 Å². The Kier molecular flexibility index (Phi) is 4.28. The van der Waals surface area contributed by atoms with Crippen LogP contribution in [-0.4, -0.2) is 5.97 Å². The minimum Gasteiger partial charge on any atom is -0.426 e. The lowest BCUT2D eigenvalue weighted by atomic mass is 9.77. The summed E-state index contributed by atoms with van der Waals surface area (Å²) in [4.78, 5) is 12.5. The van der Waals surface area contributed by atoms with E-state index in [4.69, 9.17) is 4.74 Å². The quantitative estimate of drug-likeness (QED) is 0.590. The molecular weight excluding hydrogens is 236 g/mol. The van der Waals surface area contributed by atoms with E-state index in [9.17, 15) is 4.79 Å². The van der Waals surface area contributed by atoms with Crippen LogP contribution in [0.25, 0.3) is 0 Å². The summed E-state index contributed by atoms with van der Waals surface area (Å²) in [6.45, 7) is 6.51. The lowest BCUT2D eigenvalue weighted by Gasteiger charge is -2.29. The first-order chi connectivity index (χ1) is 9.06. The minimum atomic E-state index is -0.314. The van der Waals surface area contributed by atoms with Crippen molar-refractivity contribution in [3.63, 3.8) is 0 Å². The highest BCUT2D eigenvalue weighted by molar-refractivity contribution is 5.79. The second-order valence-electron chi connectivity index (χ2n) is 6.15. The van der Waals surface area contributed by atoms with Gasteiger partial charge < -0.3 is 4.74 Å². The van der Waals surface area contributed by atoms with Crippen LogP contribution in [0.2, 0.25) is 0 Å². The summed E-state index contributed by atoms with van der Waals surface area (Å²) < 4.78 is 5.59. The normalized spacial score (nSPS) is 30.3. The van der Waals surface area contributed by atoms with E-state index >= 15 is 0 Å². The van der Waals surface area contributed by atoms with Crippen LogP contribution in [0.4, 0.5) is 0 Å². The summed E-state index contributed by atoms with van der Waals surface area (Å²) >= 11 is 0. The van der Waals surface area contributed by atoms with Gasteiger partial charge in [0.15, 0.2) is 0 Å². The number of esters is 1. The molecule has 0 spiro atoms. The van der Waals surface area contributed by atoms with Gasteiger partial charge in [0.2, 0.25) is 0 Å². The molecule has 3 atom stereocenters. The zero-order chi connectivity index (χ0) is 13.9. The molecule has 0 bridgehead atoms. The largest absolute Gasteiger partial charge is 0.426 e. The fourth-order valence-electron chi connectivity index (χ4n) is 3.47. The molecule has 0 radical (unpaired) electrons. The van der Waals surface area contributed by atoms with Crippen LogP contribution in [0, 0.1) is 17.3 Å². The maximum Gasteiger partial charge on any atom is 0.317 e. The van der Waals surface area contributed by atoms with Crippen molar-refractivity contribution in [1.29, 1.82) is 0 Å². The monoisotopic (exact) mass is 260 g/mol. The van der Waals surface area contributed by atoms with Crippen molar-refractivity contribution in [3.05, 3.63) is 30.3 Å². The van der Waals surface area contributed by atoms with E-state index in [1.165, 1.54) is 0 Å². The molecule has 1 aliphatic carbocycles. The molecule has 2 heteroatoms. The van der Waals surface area contributed by atoms with Gasteiger partial charge in [0.05, 0.1) is 5.41 Å². The van der Waals surface area contributed by atoms with E-state index in [1.54, 1.807) is 0 Å². The lowest BCUT2D eigenvalue weighted by molar-refractivity contribution is -0.147. The van der Waals surface area contributed by atoms with Crippen LogP contribution in [-0.2, 0) is 4.79 Å². The smallest absolute Gasteiger partial charge is 0.317 e. The van der Waals surface area contributed by atoms with Gasteiger partial charge in [-0.1, -0.05) is 38.5 Å². The fourth-order valence-corrected chi connectivity index (χ4v) is 3.47. The molecule has 1 fully saturated rings.